The number of rotatable bonds is 3. The molecular weight excluding hydrogens is 228 g/mol. The summed E-state index contributed by atoms with van der Waals surface area (Å²) in [5.41, 5.74) is 1.80. The van der Waals surface area contributed by atoms with Crippen molar-refractivity contribution in [2.75, 3.05) is 0 Å². The van der Waals surface area contributed by atoms with Crippen LogP contribution in [0.15, 0.2) is 18.2 Å². The number of ether oxygens (including phenoxy) is 1. The third-order valence-corrected chi connectivity index (χ3v) is 3.56. The summed E-state index contributed by atoms with van der Waals surface area (Å²) in [6, 6.07) is 6.05. The Hall–Kier alpha value is -1.51. The van der Waals surface area contributed by atoms with Crippen molar-refractivity contribution in [1.82, 2.24) is 0 Å². The lowest BCUT2D eigenvalue weighted by molar-refractivity contribution is -0.138. The Labute approximate surface area is 108 Å². The highest BCUT2D eigenvalue weighted by Gasteiger charge is 2.30. The fourth-order valence-corrected chi connectivity index (χ4v) is 2.55. The van der Waals surface area contributed by atoms with Crippen molar-refractivity contribution in [2.45, 2.75) is 51.6 Å². The van der Waals surface area contributed by atoms with Gasteiger partial charge in [-0.1, -0.05) is 32.0 Å². The van der Waals surface area contributed by atoms with Crippen molar-refractivity contribution in [3.63, 3.8) is 0 Å². The van der Waals surface area contributed by atoms with Gasteiger partial charge in [-0.15, -0.1) is 0 Å². The highest BCUT2D eigenvalue weighted by molar-refractivity contribution is 5.69. The summed E-state index contributed by atoms with van der Waals surface area (Å²) >= 11 is 0. The van der Waals surface area contributed by atoms with Gasteiger partial charge in [0, 0.05) is 11.0 Å². The molecule has 0 radical (unpaired) electrons. The quantitative estimate of drug-likeness (QED) is 0.893. The van der Waals surface area contributed by atoms with Gasteiger partial charge in [0.25, 0.3) is 0 Å². The van der Waals surface area contributed by atoms with E-state index in [4.69, 9.17) is 9.84 Å². The number of carboxylic acids is 1. The van der Waals surface area contributed by atoms with Crippen LogP contribution < -0.4 is 4.74 Å². The zero-order valence-corrected chi connectivity index (χ0v) is 11.2. The number of hydrogen-bond acceptors (Lipinski definition) is 2. The Bertz CT molecular complexity index is 463. The fourth-order valence-electron chi connectivity index (χ4n) is 2.55. The fraction of sp³-hybridized carbons (Fsp3) is 0.533. The first-order valence-corrected chi connectivity index (χ1v) is 6.41. The molecule has 1 aromatic rings. The smallest absolute Gasteiger partial charge is 0.304 e. The van der Waals surface area contributed by atoms with E-state index in [1.54, 1.807) is 0 Å². The molecule has 1 aliphatic rings. The number of benzene rings is 1. The van der Waals surface area contributed by atoms with Gasteiger partial charge in [0.2, 0.25) is 0 Å². The van der Waals surface area contributed by atoms with Crippen LogP contribution in [0.2, 0.25) is 0 Å². The number of aryl methyl sites for hydroxylation is 1. The van der Waals surface area contributed by atoms with E-state index in [1.807, 2.05) is 26.0 Å². The number of para-hydroxylation sites is 1. The molecule has 1 atom stereocenters. The van der Waals surface area contributed by atoms with E-state index in [0.29, 0.717) is 0 Å². The SMILES string of the molecule is CC1CCc2cccc(C(C)(C)CC(=O)O)c2O1. The lowest BCUT2D eigenvalue weighted by Crippen LogP contribution is -2.26. The monoisotopic (exact) mass is 248 g/mol. The van der Waals surface area contributed by atoms with Gasteiger partial charge in [-0.25, -0.2) is 0 Å². The molecule has 98 valence electrons. The molecule has 1 aliphatic heterocycles. The van der Waals surface area contributed by atoms with Crippen molar-refractivity contribution in [1.29, 1.82) is 0 Å². The van der Waals surface area contributed by atoms with E-state index < -0.39 is 11.4 Å². The van der Waals surface area contributed by atoms with Gasteiger partial charge >= 0.3 is 5.97 Å². The molecule has 0 aliphatic carbocycles. The normalized spacial score (nSPS) is 18.9. The van der Waals surface area contributed by atoms with Gasteiger partial charge in [-0.2, -0.15) is 0 Å². The van der Waals surface area contributed by atoms with Crippen LogP contribution in [0, 0.1) is 0 Å². The van der Waals surface area contributed by atoms with Crippen LogP contribution in [0.5, 0.6) is 5.75 Å². The summed E-state index contributed by atoms with van der Waals surface area (Å²) in [5.74, 6) is 0.129. The Morgan fingerprint density at radius 1 is 1.50 bits per heavy atom. The molecule has 1 N–H and O–H groups in total. The largest absolute Gasteiger partial charge is 0.490 e. The van der Waals surface area contributed by atoms with Crippen molar-refractivity contribution < 1.29 is 14.6 Å². The summed E-state index contributed by atoms with van der Waals surface area (Å²) in [4.78, 5) is 11.0. The summed E-state index contributed by atoms with van der Waals surface area (Å²) in [6.07, 6.45) is 2.35. The van der Waals surface area contributed by atoms with E-state index in [0.717, 1.165) is 24.2 Å². The molecule has 1 unspecified atom stereocenters. The van der Waals surface area contributed by atoms with E-state index in [9.17, 15) is 4.79 Å². The van der Waals surface area contributed by atoms with Gasteiger partial charge < -0.3 is 9.84 Å². The highest BCUT2D eigenvalue weighted by atomic mass is 16.5. The van der Waals surface area contributed by atoms with Gasteiger partial charge in [0.05, 0.1) is 12.5 Å². The first-order chi connectivity index (χ1) is 8.40. The van der Waals surface area contributed by atoms with Crippen molar-refractivity contribution in [3.8, 4) is 5.75 Å². The van der Waals surface area contributed by atoms with E-state index in [-0.39, 0.29) is 12.5 Å². The number of fused-ring (bicyclic) bond motifs is 1. The second-order valence-corrected chi connectivity index (χ2v) is 5.72. The molecule has 0 spiro atoms. The van der Waals surface area contributed by atoms with Crippen LogP contribution in [0.1, 0.15) is 44.7 Å². The second-order valence-electron chi connectivity index (χ2n) is 5.72. The third kappa shape index (κ3) is 2.50. The average molecular weight is 248 g/mol. The second kappa shape index (κ2) is 4.63. The molecule has 3 heteroatoms. The summed E-state index contributed by atoms with van der Waals surface area (Å²) in [6.45, 7) is 5.97. The minimum absolute atomic E-state index is 0.112. The Morgan fingerprint density at radius 3 is 2.89 bits per heavy atom. The van der Waals surface area contributed by atoms with Crippen LogP contribution in [-0.4, -0.2) is 17.2 Å². The van der Waals surface area contributed by atoms with E-state index in [1.165, 1.54) is 5.56 Å². The molecule has 3 nitrogen and oxygen atoms in total. The third-order valence-electron chi connectivity index (χ3n) is 3.56. The summed E-state index contributed by atoms with van der Waals surface area (Å²) in [7, 11) is 0. The average Bonchev–Trinajstić information content (AvgIpc) is 2.26. The lowest BCUT2D eigenvalue weighted by atomic mass is 9.79. The molecule has 0 amide bonds. The van der Waals surface area contributed by atoms with Gasteiger partial charge in [-0.05, 0) is 25.3 Å². The topological polar surface area (TPSA) is 46.5 Å². The van der Waals surface area contributed by atoms with Crippen LogP contribution in [0.3, 0.4) is 0 Å². The molecular formula is C15H20O3. The maximum atomic E-state index is 11.0. The van der Waals surface area contributed by atoms with Crippen LogP contribution in [-0.2, 0) is 16.6 Å². The first kappa shape index (κ1) is 12.9. The first-order valence-electron chi connectivity index (χ1n) is 6.41. The Balaban J connectivity index is 2.42. The predicted octanol–water partition coefficient (Wildman–Crippen LogP) is 3.15. The molecule has 0 bridgehead atoms. The Kier molecular flexibility index (Phi) is 3.33. The predicted molar refractivity (Wildman–Crippen MR) is 70.1 cm³/mol. The van der Waals surface area contributed by atoms with Gasteiger partial charge in [0.15, 0.2) is 0 Å². The molecule has 0 saturated heterocycles. The van der Waals surface area contributed by atoms with Crippen LogP contribution in [0.25, 0.3) is 0 Å². The van der Waals surface area contributed by atoms with Crippen molar-refractivity contribution in [3.05, 3.63) is 29.3 Å². The maximum absolute atomic E-state index is 11.0. The van der Waals surface area contributed by atoms with E-state index in [2.05, 4.69) is 13.0 Å². The number of hydrogen-bond donors (Lipinski definition) is 1. The standard InChI is InChI=1S/C15H20O3/c1-10-7-8-11-5-4-6-12(14(11)18-10)15(2,3)9-13(16)17/h4-6,10H,7-9H2,1-3H3,(H,16,17). The van der Waals surface area contributed by atoms with E-state index >= 15 is 0 Å². The molecule has 18 heavy (non-hydrogen) atoms. The van der Waals surface area contributed by atoms with Gasteiger partial charge in [-0.3, -0.25) is 4.79 Å². The van der Waals surface area contributed by atoms with Crippen molar-refractivity contribution >= 4 is 5.97 Å². The zero-order valence-electron chi connectivity index (χ0n) is 11.2. The van der Waals surface area contributed by atoms with Crippen molar-refractivity contribution in [2.24, 2.45) is 0 Å². The minimum Gasteiger partial charge on any atom is -0.490 e. The number of carboxylic acid groups (broad SMARTS) is 1. The molecule has 0 aromatic heterocycles. The molecule has 0 fully saturated rings. The maximum Gasteiger partial charge on any atom is 0.304 e. The number of aliphatic carboxylic acids is 1. The molecule has 1 aromatic carbocycles. The summed E-state index contributed by atoms with van der Waals surface area (Å²) in [5, 5.41) is 9.03. The zero-order chi connectivity index (χ0) is 13.3. The minimum atomic E-state index is -0.776. The van der Waals surface area contributed by atoms with Crippen LogP contribution >= 0.6 is 0 Å². The summed E-state index contributed by atoms with van der Waals surface area (Å²) < 4.78 is 5.94. The highest BCUT2D eigenvalue weighted by Crippen LogP contribution is 2.39. The molecule has 1 heterocycles. The molecule has 2 rings (SSSR count). The van der Waals surface area contributed by atoms with Crippen LogP contribution in [0.4, 0.5) is 0 Å². The Morgan fingerprint density at radius 2 is 2.22 bits per heavy atom. The lowest BCUT2D eigenvalue weighted by Gasteiger charge is -2.31. The molecule has 0 saturated carbocycles. The number of carbonyl (C=O) groups is 1. The van der Waals surface area contributed by atoms with Gasteiger partial charge in [0.1, 0.15) is 5.75 Å².